The largest absolute Gasteiger partial charge is 0.507 e. The molecule has 0 fully saturated rings. The minimum Gasteiger partial charge on any atom is -0.507 e. The first-order valence-corrected chi connectivity index (χ1v) is 8.59. The van der Waals surface area contributed by atoms with Crippen LogP contribution in [0.4, 0.5) is 5.95 Å². The van der Waals surface area contributed by atoms with Gasteiger partial charge >= 0.3 is 0 Å². The average molecular weight is 444 g/mol. The van der Waals surface area contributed by atoms with Crippen LogP contribution in [-0.2, 0) is 0 Å². The molecule has 0 aliphatic carbocycles. The van der Waals surface area contributed by atoms with Gasteiger partial charge in [-0.05, 0) is 53.3 Å². The van der Waals surface area contributed by atoms with Crippen LogP contribution < -0.4 is 5.43 Å². The number of nitrogens with one attached hydrogen (secondary N) is 2. The Morgan fingerprint density at radius 3 is 3.00 bits per heavy atom. The van der Waals surface area contributed by atoms with Gasteiger partial charge in [0, 0.05) is 14.5 Å². The summed E-state index contributed by atoms with van der Waals surface area (Å²) in [6.07, 6.45) is 1.51. The molecule has 4 rings (SSSR count). The number of rotatable bonds is 3. The number of halogens is 1. The van der Waals surface area contributed by atoms with Crippen LogP contribution in [0.2, 0.25) is 0 Å². The molecule has 3 N–H and O–H groups in total. The highest BCUT2D eigenvalue weighted by atomic mass is 127. The normalized spacial score (nSPS) is 11.6. The van der Waals surface area contributed by atoms with Crippen LogP contribution in [0.3, 0.4) is 0 Å². The number of para-hydroxylation sites is 1. The van der Waals surface area contributed by atoms with Crippen molar-refractivity contribution in [2.75, 3.05) is 5.43 Å². The number of phenols is 1. The lowest BCUT2D eigenvalue weighted by atomic mass is 10.1. The van der Waals surface area contributed by atoms with Crippen LogP contribution in [0, 0.1) is 10.5 Å². The lowest BCUT2D eigenvalue weighted by molar-refractivity contribution is 0.474. The molecule has 4 aromatic rings. The summed E-state index contributed by atoms with van der Waals surface area (Å²) < 4.78 is 1.00. The van der Waals surface area contributed by atoms with Gasteiger partial charge in [0.2, 0.25) is 0 Å². The molecule has 0 radical (unpaired) electrons. The molecule has 0 aliphatic heterocycles. The maximum atomic E-state index is 9.81. The molecule has 0 bridgehead atoms. The summed E-state index contributed by atoms with van der Waals surface area (Å²) in [6.45, 7) is 2.03. The van der Waals surface area contributed by atoms with E-state index in [0.717, 1.165) is 25.6 Å². The van der Waals surface area contributed by atoms with E-state index in [1.165, 1.54) is 6.21 Å². The molecule has 25 heavy (non-hydrogen) atoms. The first-order chi connectivity index (χ1) is 12.1. The highest BCUT2D eigenvalue weighted by Crippen LogP contribution is 2.24. The highest BCUT2D eigenvalue weighted by molar-refractivity contribution is 14.1. The number of fused-ring (bicyclic) bond motifs is 3. The molecule has 0 spiro atoms. The van der Waals surface area contributed by atoms with E-state index in [9.17, 15) is 5.11 Å². The van der Waals surface area contributed by atoms with Gasteiger partial charge in [-0.2, -0.15) is 10.1 Å². The van der Waals surface area contributed by atoms with E-state index in [1.54, 1.807) is 6.07 Å². The summed E-state index contributed by atoms with van der Waals surface area (Å²) in [7, 11) is 0. The molecular weight excluding hydrogens is 431 g/mol. The minimum atomic E-state index is 0.159. The van der Waals surface area contributed by atoms with Crippen LogP contribution in [0.1, 0.15) is 11.1 Å². The number of aromatic nitrogens is 4. The quantitative estimate of drug-likeness (QED) is 0.255. The molecule has 0 unspecified atom stereocenters. The van der Waals surface area contributed by atoms with E-state index in [2.05, 4.69) is 53.3 Å². The fourth-order valence-electron chi connectivity index (χ4n) is 2.58. The van der Waals surface area contributed by atoms with Crippen LogP contribution in [0.25, 0.3) is 22.1 Å². The van der Waals surface area contributed by atoms with Crippen molar-refractivity contribution in [2.45, 2.75) is 6.92 Å². The maximum Gasteiger partial charge on any atom is 0.265 e. The number of hydrogen-bond acceptors (Lipinski definition) is 6. The van der Waals surface area contributed by atoms with E-state index >= 15 is 0 Å². The number of hydrazone groups is 1. The zero-order valence-electron chi connectivity index (χ0n) is 13.2. The number of benzene rings is 2. The van der Waals surface area contributed by atoms with Crippen molar-refractivity contribution < 1.29 is 5.11 Å². The first kappa shape index (κ1) is 15.8. The Kier molecular flexibility index (Phi) is 3.96. The molecule has 0 saturated heterocycles. The Balaban J connectivity index is 1.64. The van der Waals surface area contributed by atoms with Crippen molar-refractivity contribution in [3.63, 3.8) is 0 Å². The first-order valence-electron chi connectivity index (χ1n) is 7.51. The van der Waals surface area contributed by atoms with E-state index < -0.39 is 0 Å². The minimum absolute atomic E-state index is 0.159. The van der Waals surface area contributed by atoms with Gasteiger partial charge in [0.15, 0.2) is 5.65 Å². The summed E-state index contributed by atoms with van der Waals surface area (Å²) in [5.41, 5.74) is 6.85. The van der Waals surface area contributed by atoms with Crippen LogP contribution in [0.5, 0.6) is 5.75 Å². The van der Waals surface area contributed by atoms with Crippen LogP contribution in [0.15, 0.2) is 41.5 Å². The van der Waals surface area contributed by atoms with Crippen LogP contribution in [-0.4, -0.2) is 31.5 Å². The Labute approximate surface area is 156 Å². The number of aryl methyl sites for hydroxylation is 1. The zero-order chi connectivity index (χ0) is 17.4. The second-order valence-corrected chi connectivity index (χ2v) is 6.77. The van der Waals surface area contributed by atoms with Gasteiger partial charge in [0.1, 0.15) is 11.3 Å². The third-order valence-corrected chi connectivity index (χ3v) is 4.49. The summed E-state index contributed by atoms with van der Waals surface area (Å²) in [6, 6.07) is 11.3. The van der Waals surface area contributed by atoms with Gasteiger partial charge in [-0.1, -0.05) is 18.2 Å². The molecule has 124 valence electrons. The van der Waals surface area contributed by atoms with E-state index in [1.807, 2.05) is 37.3 Å². The van der Waals surface area contributed by atoms with Gasteiger partial charge in [0.25, 0.3) is 5.95 Å². The molecule has 2 aromatic heterocycles. The van der Waals surface area contributed by atoms with Gasteiger partial charge in [-0.15, -0.1) is 10.2 Å². The third-order valence-electron chi connectivity index (χ3n) is 3.82. The number of phenolic OH excluding ortho intramolecular Hbond substituents is 1. The van der Waals surface area contributed by atoms with Crippen molar-refractivity contribution in [1.29, 1.82) is 0 Å². The Bertz CT molecular complexity index is 1120. The van der Waals surface area contributed by atoms with E-state index in [-0.39, 0.29) is 11.7 Å². The summed E-state index contributed by atoms with van der Waals surface area (Å²) in [5, 5.41) is 23.2. The molecule has 0 amide bonds. The molecule has 2 heterocycles. The molecule has 0 aliphatic rings. The molecule has 8 heteroatoms. The summed E-state index contributed by atoms with van der Waals surface area (Å²) in [4.78, 5) is 7.67. The lowest BCUT2D eigenvalue weighted by Crippen LogP contribution is -1.99. The average Bonchev–Trinajstić information content (AvgIpc) is 2.97. The van der Waals surface area contributed by atoms with Crippen molar-refractivity contribution in [3.05, 3.63) is 51.1 Å². The summed E-state index contributed by atoms with van der Waals surface area (Å²) >= 11 is 2.17. The lowest BCUT2D eigenvalue weighted by Gasteiger charge is -2.00. The smallest absolute Gasteiger partial charge is 0.265 e. The second kappa shape index (κ2) is 6.28. The molecule has 0 saturated carbocycles. The Hall–Kier alpha value is -2.75. The molecule has 0 atom stereocenters. The number of H-pyrrole nitrogens is 1. The highest BCUT2D eigenvalue weighted by Gasteiger charge is 2.10. The van der Waals surface area contributed by atoms with E-state index in [4.69, 9.17) is 0 Å². The maximum absolute atomic E-state index is 9.81. The number of aromatic hydroxyl groups is 1. The molecule has 2 aromatic carbocycles. The Morgan fingerprint density at radius 2 is 2.12 bits per heavy atom. The fraction of sp³-hybridized carbons (Fsp3) is 0.0588. The Morgan fingerprint density at radius 1 is 1.24 bits per heavy atom. The van der Waals surface area contributed by atoms with Crippen LogP contribution >= 0.6 is 22.6 Å². The summed E-state index contributed by atoms with van der Waals surface area (Å²) in [5.74, 6) is 0.435. The third kappa shape index (κ3) is 3.00. The predicted molar refractivity (Wildman–Crippen MR) is 106 cm³/mol. The van der Waals surface area contributed by atoms with Gasteiger partial charge in [-0.3, -0.25) is 0 Å². The van der Waals surface area contributed by atoms with Crippen molar-refractivity contribution >= 4 is 56.8 Å². The standard InChI is InChI=1S/C17H13IN6O/c1-9-3-2-4-12-14(9)20-16-15(12)22-24-17(21-16)23-19-8-10-7-11(18)5-6-13(10)25/h2-8,25H,1H3,(H2,20,21,23,24). The second-order valence-electron chi connectivity index (χ2n) is 5.53. The van der Waals surface area contributed by atoms with Crippen molar-refractivity contribution in [1.82, 2.24) is 20.2 Å². The fourth-order valence-corrected chi connectivity index (χ4v) is 3.09. The van der Waals surface area contributed by atoms with Gasteiger partial charge in [-0.25, -0.2) is 5.43 Å². The number of aromatic amines is 1. The number of hydrogen-bond donors (Lipinski definition) is 3. The monoisotopic (exact) mass is 444 g/mol. The number of anilines is 1. The van der Waals surface area contributed by atoms with Gasteiger partial charge in [0.05, 0.1) is 11.7 Å². The zero-order valence-corrected chi connectivity index (χ0v) is 15.3. The SMILES string of the molecule is Cc1cccc2c1[nH]c1nc(NN=Cc3cc(I)ccc3O)nnc12. The molecular formula is C17H13IN6O. The van der Waals surface area contributed by atoms with Crippen molar-refractivity contribution in [3.8, 4) is 5.75 Å². The van der Waals surface area contributed by atoms with Gasteiger partial charge < -0.3 is 10.1 Å². The topological polar surface area (TPSA) is 99.1 Å². The molecule has 7 nitrogen and oxygen atoms in total. The predicted octanol–water partition coefficient (Wildman–Crippen LogP) is 3.57. The van der Waals surface area contributed by atoms with E-state index in [0.29, 0.717) is 11.2 Å². The van der Waals surface area contributed by atoms with Crippen molar-refractivity contribution in [2.24, 2.45) is 5.10 Å². The number of nitrogens with zero attached hydrogens (tertiary/aromatic N) is 4.